The smallest absolute Gasteiger partial charge is 0.220 e. The molecule has 0 aromatic rings. The van der Waals surface area contributed by atoms with Crippen molar-refractivity contribution in [2.75, 3.05) is 12.3 Å². The average molecular weight is 336 g/mol. The van der Waals surface area contributed by atoms with E-state index in [1.807, 2.05) is 0 Å². The Bertz CT molecular complexity index is 383. The Morgan fingerprint density at radius 2 is 1.55 bits per heavy atom. The number of rotatable bonds is 14. The second-order valence-electron chi connectivity index (χ2n) is 5.76. The van der Waals surface area contributed by atoms with E-state index in [0.29, 0.717) is 6.42 Å². The summed E-state index contributed by atoms with van der Waals surface area (Å²) in [5.41, 5.74) is 0. The van der Waals surface area contributed by atoms with Crippen LogP contribution in [0.1, 0.15) is 71.1 Å². The minimum atomic E-state index is -4.46. The maximum absolute atomic E-state index is 11.5. The highest BCUT2D eigenvalue weighted by molar-refractivity contribution is 7.85. The van der Waals surface area contributed by atoms with Crippen LogP contribution in [0.25, 0.3) is 0 Å². The highest BCUT2D eigenvalue weighted by Gasteiger charge is 2.10. The van der Waals surface area contributed by atoms with E-state index in [9.17, 15) is 22.9 Å². The number of carbonyl (C=O) groups is 1. The number of hydrogen-bond acceptors (Lipinski definition) is 5. The lowest BCUT2D eigenvalue weighted by Gasteiger charge is -2.14. The van der Waals surface area contributed by atoms with Crippen LogP contribution in [0.2, 0.25) is 0 Å². The van der Waals surface area contributed by atoms with Gasteiger partial charge in [0.2, 0.25) is 5.91 Å². The van der Waals surface area contributed by atoms with Crippen molar-refractivity contribution < 1.29 is 22.9 Å². The molecule has 2 N–H and O–H groups in total. The SMILES string of the molecule is CCCCCCCCCCCC(=O)NCC(O)CS(=O)(=O)[O-]. The Balaban J connectivity index is 3.43. The van der Waals surface area contributed by atoms with Crippen LogP contribution >= 0.6 is 0 Å². The Labute approximate surface area is 134 Å². The summed E-state index contributed by atoms with van der Waals surface area (Å²) < 4.78 is 31.2. The predicted molar refractivity (Wildman–Crippen MR) is 85.4 cm³/mol. The lowest BCUT2D eigenvalue weighted by Crippen LogP contribution is -2.35. The van der Waals surface area contributed by atoms with Crippen LogP contribution in [0, 0.1) is 0 Å². The fourth-order valence-corrected chi connectivity index (χ4v) is 2.80. The molecule has 22 heavy (non-hydrogen) atoms. The van der Waals surface area contributed by atoms with E-state index in [2.05, 4.69) is 12.2 Å². The zero-order chi connectivity index (χ0) is 16.8. The van der Waals surface area contributed by atoms with Gasteiger partial charge in [-0.2, -0.15) is 0 Å². The molecule has 1 unspecified atom stereocenters. The van der Waals surface area contributed by atoms with Crippen LogP contribution in [0.3, 0.4) is 0 Å². The normalized spacial score (nSPS) is 13.0. The van der Waals surface area contributed by atoms with Gasteiger partial charge in [0.25, 0.3) is 0 Å². The Kier molecular flexibility index (Phi) is 12.5. The summed E-state index contributed by atoms with van der Waals surface area (Å²) in [5.74, 6) is -1.09. The average Bonchev–Trinajstić information content (AvgIpc) is 2.41. The molecule has 0 bridgehead atoms. The summed E-state index contributed by atoms with van der Waals surface area (Å²) in [7, 11) is -4.46. The van der Waals surface area contributed by atoms with E-state index in [-0.39, 0.29) is 12.5 Å². The maximum atomic E-state index is 11.5. The van der Waals surface area contributed by atoms with Crippen LogP contribution in [0.4, 0.5) is 0 Å². The van der Waals surface area contributed by atoms with Crippen LogP contribution in [0.15, 0.2) is 0 Å². The van der Waals surface area contributed by atoms with Gasteiger partial charge in [-0.05, 0) is 6.42 Å². The molecule has 0 spiro atoms. The number of amides is 1. The molecule has 0 rings (SSSR count). The van der Waals surface area contributed by atoms with Crippen molar-refractivity contribution in [2.24, 2.45) is 0 Å². The van der Waals surface area contributed by atoms with Gasteiger partial charge in [-0.3, -0.25) is 4.79 Å². The quantitative estimate of drug-likeness (QED) is 0.372. The molecule has 0 aromatic carbocycles. The standard InChI is InChI=1S/C15H31NO5S/c1-2-3-4-5-6-7-8-9-10-11-15(18)16-12-14(17)13-22(19,20)21/h14,17H,2-13H2,1H3,(H,16,18)(H,19,20,21)/p-1. The van der Waals surface area contributed by atoms with Crippen molar-refractivity contribution in [3.05, 3.63) is 0 Å². The first kappa shape index (κ1) is 21.3. The number of aliphatic hydroxyl groups is 1. The van der Waals surface area contributed by atoms with Crippen molar-refractivity contribution in [2.45, 2.75) is 77.2 Å². The molecule has 1 amide bonds. The first-order chi connectivity index (χ1) is 10.3. The van der Waals surface area contributed by atoms with E-state index >= 15 is 0 Å². The highest BCUT2D eigenvalue weighted by atomic mass is 32.2. The van der Waals surface area contributed by atoms with Crippen LogP contribution in [-0.2, 0) is 14.9 Å². The number of nitrogens with one attached hydrogen (secondary N) is 1. The molecule has 0 radical (unpaired) electrons. The molecule has 0 aliphatic heterocycles. The third-order valence-electron chi connectivity index (χ3n) is 3.44. The van der Waals surface area contributed by atoms with E-state index in [0.717, 1.165) is 19.3 Å². The minimum absolute atomic E-state index is 0.197. The molecule has 1 atom stereocenters. The second-order valence-corrected chi connectivity index (χ2v) is 7.21. The molecular weight excluding hydrogens is 306 g/mol. The fourth-order valence-electron chi connectivity index (χ4n) is 2.21. The zero-order valence-corrected chi connectivity index (χ0v) is 14.4. The predicted octanol–water partition coefficient (Wildman–Crippen LogP) is 1.93. The fraction of sp³-hybridized carbons (Fsp3) is 0.933. The van der Waals surface area contributed by atoms with Crippen LogP contribution < -0.4 is 5.32 Å². The van der Waals surface area contributed by atoms with E-state index in [1.54, 1.807) is 0 Å². The van der Waals surface area contributed by atoms with Crippen molar-refractivity contribution >= 4 is 16.0 Å². The summed E-state index contributed by atoms with van der Waals surface area (Å²) in [4.78, 5) is 11.5. The summed E-state index contributed by atoms with van der Waals surface area (Å²) in [6, 6.07) is 0. The molecule has 0 heterocycles. The van der Waals surface area contributed by atoms with E-state index < -0.39 is 22.0 Å². The molecule has 0 saturated carbocycles. The molecule has 0 aliphatic rings. The lowest BCUT2D eigenvalue weighted by molar-refractivity contribution is -0.121. The van der Waals surface area contributed by atoms with Crippen LogP contribution in [-0.4, -0.2) is 42.4 Å². The van der Waals surface area contributed by atoms with Gasteiger partial charge in [-0.15, -0.1) is 0 Å². The first-order valence-corrected chi connectivity index (χ1v) is 9.81. The van der Waals surface area contributed by atoms with Gasteiger partial charge in [-0.1, -0.05) is 58.3 Å². The van der Waals surface area contributed by atoms with Crippen molar-refractivity contribution in [3.63, 3.8) is 0 Å². The summed E-state index contributed by atoms with van der Waals surface area (Å²) in [6.07, 6.45) is 9.54. The molecule has 0 saturated heterocycles. The lowest BCUT2D eigenvalue weighted by atomic mass is 10.1. The van der Waals surface area contributed by atoms with Crippen molar-refractivity contribution in [1.29, 1.82) is 0 Å². The van der Waals surface area contributed by atoms with Gasteiger partial charge < -0.3 is 15.0 Å². The Hall–Kier alpha value is -0.660. The largest absolute Gasteiger partial charge is 0.748 e. The molecule has 0 fully saturated rings. The van der Waals surface area contributed by atoms with Gasteiger partial charge in [0, 0.05) is 13.0 Å². The molecule has 0 aliphatic carbocycles. The third-order valence-corrected chi connectivity index (χ3v) is 4.23. The van der Waals surface area contributed by atoms with E-state index in [4.69, 9.17) is 0 Å². The summed E-state index contributed by atoms with van der Waals surface area (Å²) >= 11 is 0. The molecule has 0 aromatic heterocycles. The molecule has 6 nitrogen and oxygen atoms in total. The number of aliphatic hydroxyl groups excluding tert-OH is 1. The van der Waals surface area contributed by atoms with Crippen LogP contribution in [0.5, 0.6) is 0 Å². The number of unbranched alkanes of at least 4 members (excludes halogenated alkanes) is 8. The highest BCUT2D eigenvalue weighted by Crippen LogP contribution is 2.10. The molecular formula is C15H30NO5S-. The maximum Gasteiger partial charge on any atom is 0.220 e. The number of carbonyl (C=O) groups excluding carboxylic acids is 1. The topological polar surface area (TPSA) is 107 Å². The monoisotopic (exact) mass is 336 g/mol. The molecule has 132 valence electrons. The van der Waals surface area contributed by atoms with Gasteiger partial charge >= 0.3 is 0 Å². The third kappa shape index (κ3) is 15.7. The number of hydrogen-bond donors (Lipinski definition) is 2. The van der Waals surface area contributed by atoms with Gasteiger partial charge in [0.15, 0.2) is 0 Å². The van der Waals surface area contributed by atoms with Crippen molar-refractivity contribution in [3.8, 4) is 0 Å². The van der Waals surface area contributed by atoms with Gasteiger partial charge in [0.05, 0.1) is 22.0 Å². The van der Waals surface area contributed by atoms with E-state index in [1.165, 1.54) is 38.5 Å². The van der Waals surface area contributed by atoms with Crippen molar-refractivity contribution in [1.82, 2.24) is 5.32 Å². The minimum Gasteiger partial charge on any atom is -0.748 e. The first-order valence-electron chi connectivity index (χ1n) is 8.23. The molecule has 7 heteroatoms. The Morgan fingerprint density at radius 3 is 2.05 bits per heavy atom. The van der Waals surface area contributed by atoms with Gasteiger partial charge in [-0.25, -0.2) is 8.42 Å². The zero-order valence-electron chi connectivity index (χ0n) is 13.6. The second kappa shape index (κ2) is 12.8. The summed E-state index contributed by atoms with van der Waals surface area (Å²) in [6.45, 7) is 2.00. The van der Waals surface area contributed by atoms with Gasteiger partial charge in [0.1, 0.15) is 0 Å². The Morgan fingerprint density at radius 1 is 1.05 bits per heavy atom. The summed E-state index contributed by atoms with van der Waals surface area (Å²) in [5, 5.41) is 11.7.